The van der Waals surface area contributed by atoms with Crippen molar-refractivity contribution in [3.8, 4) is 0 Å². The van der Waals surface area contributed by atoms with E-state index in [0.717, 1.165) is 32.1 Å². The Kier molecular flexibility index (Phi) is 7.54. The maximum Gasteiger partial charge on any atom is 0.317 e. The van der Waals surface area contributed by atoms with Crippen LogP contribution >= 0.6 is 0 Å². The lowest BCUT2D eigenvalue weighted by Crippen LogP contribution is -2.71. The van der Waals surface area contributed by atoms with Crippen LogP contribution in [-0.4, -0.2) is 72.2 Å². The van der Waals surface area contributed by atoms with Crippen molar-refractivity contribution in [3.63, 3.8) is 0 Å². The molecule has 1 saturated carbocycles. The molecule has 4 rings (SSSR count). The topological polar surface area (TPSA) is 71.1 Å². The maximum atomic E-state index is 14.4. The molecule has 2 aliphatic heterocycles. The SMILES string of the molecule is CCNC(=O)N1CCC[C@]2(COC(F)C(=O)N2C(C)OC2CCC(c3ccccc3)CC2)C1.[HH]. The van der Waals surface area contributed by atoms with Gasteiger partial charge in [0.15, 0.2) is 0 Å². The molecule has 1 spiro atoms. The number of hydrogen-bond acceptors (Lipinski definition) is 4. The Balaban J connectivity index is 0.00000324. The highest BCUT2D eigenvalue weighted by atomic mass is 19.1. The smallest absolute Gasteiger partial charge is 0.317 e. The van der Waals surface area contributed by atoms with Crippen LogP contribution in [0.15, 0.2) is 30.3 Å². The molecule has 2 saturated heterocycles. The highest BCUT2D eigenvalue weighted by Crippen LogP contribution is 2.38. The fourth-order valence-electron chi connectivity index (χ4n) is 5.74. The molecule has 3 aliphatic rings. The van der Waals surface area contributed by atoms with E-state index < -0.39 is 24.0 Å². The average Bonchev–Trinajstić information content (AvgIpc) is 2.83. The van der Waals surface area contributed by atoms with Crippen molar-refractivity contribution in [2.45, 2.75) is 82.5 Å². The van der Waals surface area contributed by atoms with Crippen molar-refractivity contribution >= 4 is 11.9 Å². The van der Waals surface area contributed by atoms with Crippen molar-refractivity contribution in [2.75, 3.05) is 26.2 Å². The number of nitrogens with one attached hydrogen (secondary N) is 1. The van der Waals surface area contributed by atoms with Crippen LogP contribution in [0.2, 0.25) is 0 Å². The molecule has 33 heavy (non-hydrogen) atoms. The summed E-state index contributed by atoms with van der Waals surface area (Å²) in [7, 11) is 0. The number of rotatable bonds is 5. The van der Waals surface area contributed by atoms with Gasteiger partial charge < -0.3 is 24.6 Å². The number of amides is 3. The number of carbonyl (C=O) groups excluding carboxylic acids is 2. The van der Waals surface area contributed by atoms with Gasteiger partial charge in [0.1, 0.15) is 6.23 Å². The lowest BCUT2D eigenvalue weighted by molar-refractivity contribution is -0.226. The molecule has 3 amide bonds. The van der Waals surface area contributed by atoms with Crippen molar-refractivity contribution in [1.82, 2.24) is 15.1 Å². The van der Waals surface area contributed by atoms with E-state index >= 15 is 0 Å². The molecule has 1 aromatic rings. The third-order valence-corrected chi connectivity index (χ3v) is 7.31. The molecule has 1 N–H and O–H groups in total. The molecule has 184 valence electrons. The predicted octanol–water partition coefficient (Wildman–Crippen LogP) is 4.04. The van der Waals surface area contributed by atoms with Crippen LogP contribution < -0.4 is 5.32 Å². The van der Waals surface area contributed by atoms with Gasteiger partial charge in [0, 0.05) is 21.1 Å². The number of halogens is 1. The summed E-state index contributed by atoms with van der Waals surface area (Å²) in [4.78, 5) is 28.7. The summed E-state index contributed by atoms with van der Waals surface area (Å²) >= 11 is 0. The molecule has 2 heterocycles. The minimum Gasteiger partial charge on any atom is -0.355 e. The van der Waals surface area contributed by atoms with Crippen LogP contribution in [0.5, 0.6) is 0 Å². The molecular formula is C25H38FN3O4. The zero-order valence-corrected chi connectivity index (χ0v) is 19.7. The number of ether oxygens (including phenoxy) is 2. The van der Waals surface area contributed by atoms with Gasteiger partial charge in [0.05, 0.1) is 18.2 Å². The number of likely N-dealkylation sites (tertiary alicyclic amines) is 1. The highest BCUT2D eigenvalue weighted by Gasteiger charge is 2.52. The Morgan fingerprint density at radius 2 is 2.03 bits per heavy atom. The van der Waals surface area contributed by atoms with Crippen LogP contribution in [0.25, 0.3) is 0 Å². The van der Waals surface area contributed by atoms with Gasteiger partial charge in [-0.05, 0) is 63.9 Å². The van der Waals surface area contributed by atoms with E-state index in [1.807, 2.05) is 19.9 Å². The normalized spacial score (nSPS) is 31.5. The largest absolute Gasteiger partial charge is 0.355 e. The van der Waals surface area contributed by atoms with E-state index in [2.05, 4.69) is 29.6 Å². The number of alkyl halides is 1. The third-order valence-electron chi connectivity index (χ3n) is 7.31. The van der Waals surface area contributed by atoms with Gasteiger partial charge in [-0.1, -0.05) is 30.3 Å². The quantitative estimate of drug-likeness (QED) is 0.716. The van der Waals surface area contributed by atoms with E-state index in [0.29, 0.717) is 32.0 Å². The van der Waals surface area contributed by atoms with Gasteiger partial charge in [-0.3, -0.25) is 4.79 Å². The van der Waals surface area contributed by atoms with E-state index in [1.165, 1.54) is 10.5 Å². The van der Waals surface area contributed by atoms with E-state index in [1.54, 1.807) is 4.90 Å². The molecule has 8 heteroatoms. The zero-order valence-electron chi connectivity index (χ0n) is 19.7. The number of nitrogens with zero attached hydrogens (tertiary/aromatic N) is 2. The second kappa shape index (κ2) is 10.4. The minimum atomic E-state index is -1.99. The fourth-order valence-corrected chi connectivity index (χ4v) is 5.74. The monoisotopic (exact) mass is 463 g/mol. The second-order valence-corrected chi connectivity index (χ2v) is 9.54. The summed E-state index contributed by atoms with van der Waals surface area (Å²) in [5.41, 5.74) is 0.586. The number of urea groups is 1. The van der Waals surface area contributed by atoms with Gasteiger partial charge in [-0.2, -0.15) is 0 Å². The first-order chi connectivity index (χ1) is 15.9. The first kappa shape index (κ1) is 24.0. The molecule has 0 radical (unpaired) electrons. The summed E-state index contributed by atoms with van der Waals surface area (Å²) in [5, 5.41) is 2.82. The van der Waals surface area contributed by atoms with Crippen LogP contribution in [-0.2, 0) is 14.3 Å². The Morgan fingerprint density at radius 3 is 2.73 bits per heavy atom. The molecule has 0 bridgehead atoms. The molecule has 7 nitrogen and oxygen atoms in total. The summed E-state index contributed by atoms with van der Waals surface area (Å²) in [6, 6.07) is 10.4. The summed E-state index contributed by atoms with van der Waals surface area (Å²) in [5.74, 6) is -0.179. The summed E-state index contributed by atoms with van der Waals surface area (Å²) in [6.45, 7) is 5.20. The number of carbonyl (C=O) groups is 2. The third kappa shape index (κ3) is 5.17. The van der Waals surface area contributed by atoms with Gasteiger partial charge >= 0.3 is 6.03 Å². The van der Waals surface area contributed by atoms with Gasteiger partial charge in [-0.25, -0.2) is 9.18 Å². The summed E-state index contributed by atoms with van der Waals surface area (Å²) in [6.07, 6.45) is 2.67. The molecule has 2 unspecified atom stereocenters. The number of hydrogen-bond donors (Lipinski definition) is 1. The Hall–Kier alpha value is -2.19. The first-order valence-corrected chi connectivity index (χ1v) is 12.3. The standard InChI is InChI=1S/C25H36FN3O4.H2/c1-3-27-24(31)28-15-7-14-25(16-28)17-32-22(26)23(30)29(25)18(2)33-21-12-10-20(11-13-21)19-8-5-4-6-9-19;/h4-6,8-9,18,20-22H,3,7,10-17H2,1-2H3,(H,27,31);1H/t18?,20?,21?,22?,25-;/m1./s1. The first-order valence-electron chi connectivity index (χ1n) is 12.3. The fraction of sp³-hybridized carbons (Fsp3) is 0.680. The molecular weight excluding hydrogens is 425 g/mol. The number of morpholine rings is 1. The van der Waals surface area contributed by atoms with Gasteiger partial charge in [0.2, 0.25) is 0 Å². The molecule has 1 aliphatic carbocycles. The Labute approximate surface area is 197 Å². The molecule has 1 aromatic carbocycles. The maximum absolute atomic E-state index is 14.4. The Bertz CT molecular complexity index is 824. The van der Waals surface area contributed by atoms with Crippen molar-refractivity contribution < 1.29 is 24.9 Å². The van der Waals surface area contributed by atoms with Crippen molar-refractivity contribution in [2.24, 2.45) is 0 Å². The van der Waals surface area contributed by atoms with Crippen LogP contribution in [0, 0.1) is 0 Å². The van der Waals surface area contributed by atoms with Gasteiger partial charge in [-0.15, -0.1) is 0 Å². The summed E-state index contributed by atoms with van der Waals surface area (Å²) < 4.78 is 26.0. The van der Waals surface area contributed by atoms with Gasteiger partial charge in [0.25, 0.3) is 12.3 Å². The Morgan fingerprint density at radius 1 is 1.30 bits per heavy atom. The highest BCUT2D eigenvalue weighted by molar-refractivity contribution is 5.81. The average molecular weight is 464 g/mol. The van der Waals surface area contributed by atoms with Crippen LogP contribution in [0.4, 0.5) is 9.18 Å². The lowest BCUT2D eigenvalue weighted by atomic mass is 9.82. The number of benzene rings is 1. The zero-order chi connectivity index (χ0) is 23.4. The second-order valence-electron chi connectivity index (χ2n) is 9.54. The van der Waals surface area contributed by atoms with Crippen molar-refractivity contribution in [1.29, 1.82) is 0 Å². The molecule has 3 fully saturated rings. The van der Waals surface area contributed by atoms with Crippen molar-refractivity contribution in [3.05, 3.63) is 35.9 Å². The lowest BCUT2D eigenvalue weighted by Gasteiger charge is -2.54. The minimum absolute atomic E-state index is 0. The number of piperidine rings is 1. The van der Waals surface area contributed by atoms with E-state index in [-0.39, 0.29) is 20.2 Å². The van der Waals surface area contributed by atoms with Crippen LogP contribution in [0.1, 0.15) is 65.3 Å². The van der Waals surface area contributed by atoms with E-state index in [9.17, 15) is 14.0 Å². The van der Waals surface area contributed by atoms with E-state index in [4.69, 9.17) is 9.47 Å². The van der Waals surface area contributed by atoms with Crippen LogP contribution in [0.3, 0.4) is 0 Å². The predicted molar refractivity (Wildman–Crippen MR) is 124 cm³/mol. The molecule has 3 atom stereocenters. The molecule has 0 aromatic heterocycles.